The van der Waals surface area contributed by atoms with Gasteiger partial charge in [-0.15, -0.1) is 11.8 Å². The van der Waals surface area contributed by atoms with Crippen LogP contribution in [0.5, 0.6) is 0 Å². The molecule has 5 aromatic carbocycles. The Kier molecular flexibility index (Phi) is 14.8. The number of benzene rings is 5. The van der Waals surface area contributed by atoms with Crippen LogP contribution in [0, 0.1) is 5.92 Å². The molecule has 0 spiro atoms. The molecule has 0 aromatic heterocycles. The van der Waals surface area contributed by atoms with Gasteiger partial charge in [-0.2, -0.15) is 26.3 Å². The van der Waals surface area contributed by atoms with Crippen LogP contribution >= 0.6 is 11.8 Å². The van der Waals surface area contributed by atoms with Crippen LogP contribution in [0.25, 0.3) is 11.1 Å². The van der Waals surface area contributed by atoms with Crippen molar-refractivity contribution < 1.29 is 53.1 Å². The molecule has 5 aromatic rings. The van der Waals surface area contributed by atoms with Gasteiger partial charge in [0.15, 0.2) is 0 Å². The minimum Gasteiger partial charge on any atom is -0.388 e. The fourth-order valence-electron chi connectivity index (χ4n) is 8.49. The maximum atomic E-state index is 14.2. The van der Waals surface area contributed by atoms with Crippen LogP contribution in [0.1, 0.15) is 59.7 Å². The quantitative estimate of drug-likeness (QED) is 0.0688. The number of carbonyl (C=O) groups excluding carboxylic acids is 1. The highest BCUT2D eigenvalue weighted by atomic mass is 32.2. The number of rotatable bonds is 15. The van der Waals surface area contributed by atoms with E-state index in [9.17, 15) is 53.1 Å². The van der Waals surface area contributed by atoms with E-state index in [1.165, 1.54) is 36.0 Å². The van der Waals surface area contributed by atoms with E-state index in [1.807, 2.05) is 47.0 Å². The van der Waals surface area contributed by atoms with Crippen molar-refractivity contribution in [3.8, 4) is 11.1 Å². The van der Waals surface area contributed by atoms with Crippen LogP contribution in [-0.2, 0) is 26.0 Å². The summed E-state index contributed by atoms with van der Waals surface area (Å²) in [5, 5.41) is 14.5. The van der Waals surface area contributed by atoms with Crippen LogP contribution < -0.4 is 14.9 Å². The van der Waals surface area contributed by atoms with Gasteiger partial charge in [0, 0.05) is 47.1 Å². The third-order valence-electron chi connectivity index (χ3n) is 12.2. The number of aliphatic hydroxyl groups is 1. The number of nitrogens with zero attached hydrogens (tertiary/aromatic N) is 2. The molecule has 352 valence electrons. The highest BCUT2D eigenvalue weighted by Gasteiger charge is 2.48. The Morgan fingerprint density at radius 1 is 0.803 bits per heavy atom. The Morgan fingerprint density at radius 2 is 1.45 bits per heavy atom. The number of aliphatic hydroxyl groups excluding tert-OH is 1. The minimum atomic E-state index is -6.09. The van der Waals surface area contributed by atoms with Gasteiger partial charge in [-0.25, -0.2) is 21.6 Å². The molecular formula is C47H48F6N4O6S3. The van der Waals surface area contributed by atoms with E-state index in [1.54, 1.807) is 36.4 Å². The lowest BCUT2D eigenvalue weighted by Crippen LogP contribution is -2.36. The summed E-state index contributed by atoms with van der Waals surface area (Å²) in [7, 11) is -9.04. The Balaban J connectivity index is 1.02. The summed E-state index contributed by atoms with van der Waals surface area (Å²) in [5.41, 5.74) is -4.61. The molecule has 0 saturated carbocycles. The zero-order valence-corrected chi connectivity index (χ0v) is 38.0. The number of sulfone groups is 1. The number of nitrogens with one attached hydrogen (secondary N) is 2. The lowest BCUT2D eigenvalue weighted by Gasteiger charge is -2.36. The highest BCUT2D eigenvalue weighted by molar-refractivity contribution is 7.99. The van der Waals surface area contributed by atoms with Crippen molar-refractivity contribution in [3.05, 3.63) is 138 Å². The molecule has 2 aliphatic rings. The van der Waals surface area contributed by atoms with Crippen molar-refractivity contribution in [1.82, 2.24) is 9.62 Å². The van der Waals surface area contributed by atoms with Gasteiger partial charge >= 0.3 is 11.7 Å². The first-order valence-electron chi connectivity index (χ1n) is 21.2. The van der Waals surface area contributed by atoms with Crippen LogP contribution in [0.4, 0.5) is 37.7 Å². The van der Waals surface area contributed by atoms with E-state index in [2.05, 4.69) is 10.2 Å². The van der Waals surface area contributed by atoms with Gasteiger partial charge in [-0.05, 0) is 135 Å². The normalized spacial score (nSPS) is 17.6. The first-order chi connectivity index (χ1) is 31.2. The number of sulfonamides is 1. The van der Waals surface area contributed by atoms with Gasteiger partial charge < -0.3 is 20.2 Å². The summed E-state index contributed by atoms with van der Waals surface area (Å²) in [4.78, 5) is 16.2. The third kappa shape index (κ3) is 11.4. The van der Waals surface area contributed by atoms with Crippen LogP contribution in [0.2, 0.25) is 0 Å². The van der Waals surface area contributed by atoms with Crippen molar-refractivity contribution in [2.24, 2.45) is 5.92 Å². The van der Waals surface area contributed by atoms with Gasteiger partial charge in [-0.1, -0.05) is 54.6 Å². The monoisotopic (exact) mass is 974 g/mol. The summed E-state index contributed by atoms with van der Waals surface area (Å²) in [6.07, 6.45) is -2.03. The molecule has 3 N–H and O–H groups in total. The second kappa shape index (κ2) is 20.0. The number of piperidine rings is 1. The summed E-state index contributed by atoms with van der Waals surface area (Å²) in [6, 6.07) is 29.0. The van der Waals surface area contributed by atoms with Gasteiger partial charge in [0.1, 0.15) is 4.90 Å². The fraction of sp³-hybridized carbons (Fsp3) is 0.340. The predicted octanol–water partition coefficient (Wildman–Crippen LogP) is 9.79. The number of anilines is 2. The Labute approximate surface area is 384 Å². The molecule has 2 unspecified atom stereocenters. The summed E-state index contributed by atoms with van der Waals surface area (Å²) < 4.78 is 137. The van der Waals surface area contributed by atoms with Crippen molar-refractivity contribution in [2.45, 2.75) is 76.7 Å². The average molecular weight is 975 g/mol. The lowest BCUT2D eigenvalue weighted by atomic mass is 9.84. The first kappa shape index (κ1) is 48.8. The van der Waals surface area contributed by atoms with Crippen LogP contribution in [-0.4, -0.2) is 82.8 Å². The summed E-state index contributed by atoms with van der Waals surface area (Å²) in [5.74, 6) is -0.915. The molecule has 2 heterocycles. The maximum Gasteiger partial charge on any atom is 0.501 e. The highest BCUT2D eigenvalue weighted by Crippen LogP contribution is 2.40. The number of hydrogen-bond acceptors (Lipinski definition) is 10. The number of likely N-dealkylation sites (tertiary alicyclic amines) is 1. The minimum absolute atomic E-state index is 0.0823. The lowest BCUT2D eigenvalue weighted by molar-refractivity contribution is -0.137. The number of carbonyl (C=O) groups is 1. The van der Waals surface area contributed by atoms with Crippen molar-refractivity contribution in [3.63, 3.8) is 0 Å². The van der Waals surface area contributed by atoms with Crippen LogP contribution in [0.3, 0.4) is 0 Å². The van der Waals surface area contributed by atoms with Crippen LogP contribution in [0.15, 0.2) is 136 Å². The average Bonchev–Trinajstić information content (AvgIpc) is 3.70. The Bertz CT molecular complexity index is 2700. The fourth-order valence-corrected chi connectivity index (χ4v) is 11.5. The molecule has 1 amide bonds. The zero-order valence-electron chi connectivity index (χ0n) is 35.6. The predicted molar refractivity (Wildman–Crippen MR) is 242 cm³/mol. The largest absolute Gasteiger partial charge is 0.501 e. The second-order valence-electron chi connectivity index (χ2n) is 16.5. The number of amides is 1. The maximum absolute atomic E-state index is 14.2. The van der Waals surface area contributed by atoms with Crippen molar-refractivity contribution >= 4 is 48.9 Å². The SMILES string of the molecule is CN1CCCC1CC(CSc1ccccc1)Nc1ccc(S(=O)(=O)NC(=O)c2ccc(N3CCC([C@@H](O)c4ccccc4-c4ccc(C(F)(F)F)cc4)CC3)cc2)cc1S(=O)(=O)C(F)(F)F. The molecule has 2 fully saturated rings. The number of thioether (sulfide) groups is 1. The van der Waals surface area contributed by atoms with E-state index in [4.69, 9.17) is 0 Å². The van der Waals surface area contributed by atoms with Crippen molar-refractivity contribution in [1.29, 1.82) is 0 Å². The van der Waals surface area contributed by atoms with E-state index in [0.29, 0.717) is 66.5 Å². The molecule has 2 aliphatic heterocycles. The standard InChI is InChI=1S/C47H48F6N4O6S3/c1-56-25-7-8-37(56)28-35(30-64-38-9-3-2-4-10-38)54-42-22-21-39(29-43(42)65(60,61)47(51,52)53)66(62,63)55-45(59)33-15-19-36(20-16-33)57-26-23-32(24-27-57)44(58)41-12-6-5-11-40(41)31-13-17-34(18-14-31)46(48,49)50/h2-6,9-22,29,32,35,37,44,54,58H,7-8,23-28,30H2,1H3,(H,55,59)/t35?,37?,44-/m1/s1. The topological polar surface area (TPSA) is 136 Å². The molecule has 0 radical (unpaired) electrons. The van der Waals surface area contributed by atoms with Crippen molar-refractivity contribution in [2.75, 3.05) is 42.7 Å². The molecule has 2 saturated heterocycles. The molecule has 10 nitrogen and oxygen atoms in total. The van der Waals surface area contributed by atoms with E-state index < -0.39 is 70.6 Å². The van der Waals surface area contributed by atoms with Gasteiger partial charge in [0.2, 0.25) is 0 Å². The Hall–Kier alpha value is -5.08. The zero-order chi connectivity index (χ0) is 47.4. The number of alkyl halides is 6. The molecule has 19 heteroatoms. The van der Waals surface area contributed by atoms with Gasteiger partial charge in [0.05, 0.1) is 22.3 Å². The van der Waals surface area contributed by atoms with Gasteiger partial charge in [0.25, 0.3) is 25.8 Å². The molecule has 0 aliphatic carbocycles. The first-order valence-corrected chi connectivity index (χ1v) is 25.1. The smallest absolute Gasteiger partial charge is 0.388 e. The third-order valence-corrected chi connectivity index (χ3v) is 16.2. The molecule has 3 atom stereocenters. The van der Waals surface area contributed by atoms with E-state index >= 15 is 0 Å². The molecule has 0 bridgehead atoms. The van der Waals surface area contributed by atoms with Gasteiger partial charge in [-0.3, -0.25) is 4.79 Å². The van der Waals surface area contributed by atoms with E-state index in [-0.39, 0.29) is 17.5 Å². The molecular weight excluding hydrogens is 927 g/mol. The molecule has 66 heavy (non-hydrogen) atoms. The molecule has 7 rings (SSSR count). The summed E-state index contributed by atoms with van der Waals surface area (Å²) >= 11 is 1.44. The Morgan fingerprint density at radius 3 is 2.08 bits per heavy atom. The van der Waals surface area contributed by atoms with E-state index in [0.717, 1.165) is 48.5 Å². The summed E-state index contributed by atoms with van der Waals surface area (Å²) in [6.45, 7) is 1.84. The number of halogens is 6. The second-order valence-corrected chi connectivity index (χ2v) is 21.2. The number of hydrogen-bond donors (Lipinski definition) is 3.